The lowest BCUT2D eigenvalue weighted by Crippen LogP contribution is -2.09. The van der Waals surface area contributed by atoms with Crippen LogP contribution in [0.3, 0.4) is 0 Å². The van der Waals surface area contributed by atoms with Gasteiger partial charge in [0, 0.05) is 33.4 Å². The molecule has 1 aliphatic rings. The number of anilines is 3. The Morgan fingerprint density at radius 2 is 1.05 bits per heavy atom. The smallest absolute Gasteiger partial charge is 0.152 e. The fraction of sp³-hybridized carbons (Fsp3) is 0. The van der Waals surface area contributed by atoms with Crippen LogP contribution in [0.15, 0.2) is 146 Å². The van der Waals surface area contributed by atoms with Crippen LogP contribution < -0.4 is 9.64 Å². The van der Waals surface area contributed by atoms with Crippen molar-refractivity contribution in [2.24, 2.45) is 0 Å². The second-order valence-electron chi connectivity index (χ2n) is 9.81. The predicted octanol–water partition coefficient (Wildman–Crippen LogP) is 10.0. The summed E-state index contributed by atoms with van der Waals surface area (Å²) in [5.74, 6) is 1.76. The lowest BCUT2D eigenvalue weighted by molar-refractivity contribution is 0.477. The molecule has 0 saturated heterocycles. The van der Waals surface area contributed by atoms with Crippen molar-refractivity contribution in [3.8, 4) is 28.3 Å². The van der Waals surface area contributed by atoms with Gasteiger partial charge in [0.15, 0.2) is 11.5 Å². The van der Waals surface area contributed by atoms with Crippen LogP contribution >= 0.6 is 0 Å². The normalized spacial score (nSPS) is 11.8. The van der Waals surface area contributed by atoms with Crippen LogP contribution in [0.1, 0.15) is 0 Å². The maximum atomic E-state index is 6.49. The summed E-state index contributed by atoms with van der Waals surface area (Å²) in [6, 6.07) is 51.1. The van der Waals surface area contributed by atoms with E-state index in [-0.39, 0.29) is 0 Å². The number of nitrogens with zero attached hydrogens (tertiary/aromatic N) is 2. The van der Waals surface area contributed by atoms with E-state index in [1.165, 1.54) is 16.3 Å². The van der Waals surface area contributed by atoms with Gasteiger partial charge in [-0.05, 0) is 60.2 Å². The van der Waals surface area contributed by atoms with Gasteiger partial charge in [0.25, 0.3) is 0 Å². The third kappa shape index (κ3) is 3.37. The Kier molecular flexibility index (Phi) is 4.82. The van der Waals surface area contributed by atoms with Gasteiger partial charge in [0.1, 0.15) is 0 Å². The van der Waals surface area contributed by atoms with Crippen LogP contribution in [-0.4, -0.2) is 4.57 Å². The summed E-state index contributed by atoms with van der Waals surface area (Å²) in [7, 11) is 0. The zero-order valence-corrected chi connectivity index (χ0v) is 21.2. The predicted molar refractivity (Wildman–Crippen MR) is 161 cm³/mol. The Hall–Kier alpha value is -5.28. The van der Waals surface area contributed by atoms with E-state index >= 15 is 0 Å². The van der Waals surface area contributed by atoms with E-state index in [0.29, 0.717) is 0 Å². The summed E-state index contributed by atoms with van der Waals surface area (Å²) in [5, 5.41) is 2.44. The van der Waals surface area contributed by atoms with Crippen molar-refractivity contribution < 1.29 is 4.74 Å². The molecule has 0 bridgehead atoms. The summed E-state index contributed by atoms with van der Waals surface area (Å²) >= 11 is 0. The van der Waals surface area contributed by atoms with E-state index in [9.17, 15) is 0 Å². The van der Waals surface area contributed by atoms with Crippen LogP contribution in [-0.2, 0) is 0 Å². The Bertz CT molecular complexity index is 1930. The molecule has 1 aliphatic heterocycles. The monoisotopic (exact) mass is 500 g/mol. The topological polar surface area (TPSA) is 17.4 Å². The number of benzene rings is 6. The molecule has 0 radical (unpaired) electrons. The van der Waals surface area contributed by atoms with Gasteiger partial charge in [-0.3, -0.25) is 0 Å². The van der Waals surface area contributed by atoms with Crippen molar-refractivity contribution in [2.75, 3.05) is 4.90 Å². The van der Waals surface area contributed by atoms with Crippen molar-refractivity contribution in [1.29, 1.82) is 0 Å². The highest BCUT2D eigenvalue weighted by Crippen LogP contribution is 2.48. The molecule has 0 fully saturated rings. The summed E-state index contributed by atoms with van der Waals surface area (Å²) in [5.41, 5.74) is 9.03. The van der Waals surface area contributed by atoms with Gasteiger partial charge in [-0.2, -0.15) is 0 Å². The Morgan fingerprint density at radius 3 is 1.79 bits per heavy atom. The maximum Gasteiger partial charge on any atom is 0.152 e. The van der Waals surface area contributed by atoms with Crippen LogP contribution in [0.4, 0.5) is 17.1 Å². The van der Waals surface area contributed by atoms with E-state index in [1.54, 1.807) is 0 Å². The van der Waals surface area contributed by atoms with E-state index in [0.717, 1.165) is 50.9 Å². The number of hydrogen-bond acceptors (Lipinski definition) is 2. The van der Waals surface area contributed by atoms with Crippen molar-refractivity contribution in [2.45, 2.75) is 0 Å². The van der Waals surface area contributed by atoms with Crippen LogP contribution in [0.25, 0.3) is 38.6 Å². The number of fused-ring (bicyclic) bond motifs is 5. The van der Waals surface area contributed by atoms with Crippen molar-refractivity contribution in [3.05, 3.63) is 146 Å². The Morgan fingerprint density at radius 1 is 0.462 bits per heavy atom. The lowest BCUT2D eigenvalue weighted by atomic mass is 10.0. The summed E-state index contributed by atoms with van der Waals surface area (Å²) in [4.78, 5) is 2.28. The molecule has 3 nitrogen and oxygen atoms in total. The molecule has 0 amide bonds. The molecule has 0 spiro atoms. The average molecular weight is 501 g/mol. The Balaban J connectivity index is 1.30. The Labute approximate surface area is 226 Å². The van der Waals surface area contributed by atoms with Gasteiger partial charge in [-0.25, -0.2) is 0 Å². The zero-order chi connectivity index (χ0) is 25.8. The van der Waals surface area contributed by atoms with Gasteiger partial charge in [0.2, 0.25) is 0 Å². The minimum atomic E-state index is 0.869. The molecule has 0 N–H and O–H groups in total. The summed E-state index contributed by atoms with van der Waals surface area (Å²) in [6.07, 6.45) is 0. The fourth-order valence-corrected chi connectivity index (χ4v) is 5.88. The molecule has 6 aromatic carbocycles. The molecule has 184 valence electrons. The average Bonchev–Trinajstić information content (AvgIpc) is 3.34. The first kappa shape index (κ1) is 21.8. The van der Waals surface area contributed by atoms with Gasteiger partial charge in [-0.15, -0.1) is 0 Å². The first-order valence-corrected chi connectivity index (χ1v) is 13.2. The third-order valence-electron chi connectivity index (χ3n) is 7.57. The van der Waals surface area contributed by atoms with Crippen LogP contribution in [0.5, 0.6) is 11.5 Å². The number of hydrogen-bond donors (Lipinski definition) is 0. The molecule has 39 heavy (non-hydrogen) atoms. The fourth-order valence-electron chi connectivity index (χ4n) is 5.88. The van der Waals surface area contributed by atoms with Gasteiger partial charge in [-0.1, -0.05) is 91.0 Å². The molecule has 8 rings (SSSR count). The minimum Gasteiger partial charge on any atom is -0.453 e. The molecular formula is C36H24N2O. The quantitative estimate of drug-likeness (QED) is 0.239. The van der Waals surface area contributed by atoms with E-state index in [2.05, 4.69) is 155 Å². The molecule has 0 unspecified atom stereocenters. The number of rotatable bonds is 4. The first-order chi connectivity index (χ1) is 19.4. The highest BCUT2D eigenvalue weighted by molar-refractivity contribution is 6.12. The zero-order valence-electron chi connectivity index (χ0n) is 21.2. The van der Waals surface area contributed by atoms with Crippen LogP contribution in [0, 0.1) is 0 Å². The van der Waals surface area contributed by atoms with Crippen molar-refractivity contribution in [1.82, 2.24) is 4.57 Å². The van der Waals surface area contributed by atoms with Gasteiger partial charge < -0.3 is 14.2 Å². The molecular weight excluding hydrogens is 476 g/mol. The molecule has 1 aromatic heterocycles. The van der Waals surface area contributed by atoms with Gasteiger partial charge in [0.05, 0.1) is 16.7 Å². The van der Waals surface area contributed by atoms with Crippen molar-refractivity contribution >= 4 is 38.9 Å². The number of ether oxygens (including phenoxy) is 1. The molecule has 0 atom stereocenters. The first-order valence-electron chi connectivity index (χ1n) is 13.2. The van der Waals surface area contributed by atoms with E-state index in [1.807, 2.05) is 0 Å². The van der Waals surface area contributed by atoms with Gasteiger partial charge >= 0.3 is 0 Å². The maximum absolute atomic E-state index is 6.49. The van der Waals surface area contributed by atoms with E-state index in [4.69, 9.17) is 4.74 Å². The van der Waals surface area contributed by atoms with Crippen molar-refractivity contribution in [3.63, 3.8) is 0 Å². The van der Waals surface area contributed by atoms with Crippen LogP contribution in [0.2, 0.25) is 0 Å². The SMILES string of the molecule is c1ccc(N(c2ccccc2)c2ccc(-c3cccc4c3-n3c5ccccc5c5cccc(c53)O4)cc2)cc1. The second-order valence-corrected chi connectivity index (χ2v) is 9.81. The largest absolute Gasteiger partial charge is 0.453 e. The second kappa shape index (κ2) is 8.64. The number of para-hydroxylation sites is 5. The molecule has 0 saturated carbocycles. The highest BCUT2D eigenvalue weighted by Gasteiger charge is 2.26. The summed E-state index contributed by atoms with van der Waals surface area (Å²) in [6.45, 7) is 0. The number of aromatic nitrogens is 1. The molecule has 7 aromatic rings. The summed E-state index contributed by atoms with van der Waals surface area (Å²) < 4.78 is 8.87. The third-order valence-corrected chi connectivity index (χ3v) is 7.57. The minimum absolute atomic E-state index is 0.869. The molecule has 3 heteroatoms. The van der Waals surface area contributed by atoms with E-state index < -0.39 is 0 Å². The standard InChI is InChI=1S/C36H24N2O/c1-3-11-26(12-4-1)37(27-13-5-2-6-14-27)28-23-21-25(22-24-28)29-16-9-19-33-35(29)38-32-18-8-7-15-30(32)31-17-10-20-34(39-33)36(31)38/h1-24H. The molecule has 2 heterocycles. The lowest BCUT2D eigenvalue weighted by Gasteiger charge is -2.26. The highest BCUT2D eigenvalue weighted by atomic mass is 16.5. The molecule has 0 aliphatic carbocycles.